The van der Waals surface area contributed by atoms with E-state index in [1.54, 1.807) is 0 Å². The number of rotatable bonds is 10. The molecule has 0 aromatic carbocycles. The molecule has 0 saturated heterocycles. The maximum absolute atomic E-state index is 6.04. The van der Waals surface area contributed by atoms with E-state index in [0.717, 1.165) is 12.5 Å². The van der Waals surface area contributed by atoms with Crippen molar-refractivity contribution in [1.82, 2.24) is 0 Å². The van der Waals surface area contributed by atoms with Gasteiger partial charge in [-0.05, 0) is 31.5 Å². The molecule has 0 aromatic rings. The predicted molar refractivity (Wildman–Crippen MR) is 76.5 cm³/mol. The molecule has 0 fully saturated rings. The molecule has 16 heavy (non-hydrogen) atoms. The first kappa shape index (κ1) is 16.2. The van der Waals surface area contributed by atoms with Crippen LogP contribution in [0, 0.1) is 5.92 Å². The third kappa shape index (κ3) is 10.7. The Morgan fingerprint density at radius 2 is 1.69 bits per heavy atom. The molecule has 0 amide bonds. The molecule has 0 radical (unpaired) electrons. The van der Waals surface area contributed by atoms with Gasteiger partial charge in [0.2, 0.25) is 0 Å². The molecule has 0 saturated carbocycles. The van der Waals surface area contributed by atoms with E-state index in [9.17, 15) is 0 Å². The van der Waals surface area contributed by atoms with E-state index in [2.05, 4.69) is 33.9 Å². The highest BCUT2D eigenvalue weighted by Gasteiger charge is 2.20. The summed E-state index contributed by atoms with van der Waals surface area (Å²) < 4.78 is 6.04. The Morgan fingerprint density at radius 3 is 2.25 bits per heavy atom. The summed E-state index contributed by atoms with van der Waals surface area (Å²) in [4.78, 5) is 0. The van der Waals surface area contributed by atoms with Gasteiger partial charge in [0.15, 0.2) is 8.32 Å². The highest BCUT2D eigenvalue weighted by Crippen LogP contribution is 2.18. The van der Waals surface area contributed by atoms with E-state index in [4.69, 9.17) is 4.43 Å². The topological polar surface area (TPSA) is 9.23 Å². The quantitative estimate of drug-likeness (QED) is 0.378. The molecular formula is C14H32OSi. The summed E-state index contributed by atoms with van der Waals surface area (Å²) in [5.74, 6) is 0.867. The summed E-state index contributed by atoms with van der Waals surface area (Å²) in [6.45, 7) is 12.6. The standard InChI is InChI=1S/C14H32OSi/c1-6-7-12-15-16(4,5)13-10-8-9-11-14(2)3/h14H,6-13H2,1-5H3. The third-order valence-corrected chi connectivity index (χ3v) is 5.59. The summed E-state index contributed by atoms with van der Waals surface area (Å²) in [7, 11) is -1.32. The van der Waals surface area contributed by atoms with Crippen LogP contribution in [0.5, 0.6) is 0 Å². The molecule has 0 aliphatic rings. The second-order valence-corrected chi connectivity index (χ2v) is 10.3. The van der Waals surface area contributed by atoms with E-state index in [0.29, 0.717) is 0 Å². The molecule has 0 aliphatic heterocycles. The molecule has 98 valence electrons. The van der Waals surface area contributed by atoms with Crippen molar-refractivity contribution in [3.05, 3.63) is 0 Å². The predicted octanol–water partition coefficient (Wildman–Crippen LogP) is 5.22. The molecule has 0 spiro atoms. The Morgan fingerprint density at radius 1 is 1.00 bits per heavy atom. The van der Waals surface area contributed by atoms with Crippen molar-refractivity contribution in [2.24, 2.45) is 5.92 Å². The fraction of sp³-hybridized carbons (Fsp3) is 1.00. The first-order chi connectivity index (χ1) is 7.48. The minimum atomic E-state index is -1.32. The van der Waals surface area contributed by atoms with Crippen LogP contribution in [0.2, 0.25) is 19.1 Å². The number of unbranched alkanes of at least 4 members (excludes halogenated alkanes) is 3. The Balaban J connectivity index is 3.42. The summed E-state index contributed by atoms with van der Waals surface area (Å²) in [6.07, 6.45) is 8.03. The Labute approximate surface area is 104 Å². The van der Waals surface area contributed by atoms with Crippen LogP contribution in [-0.2, 0) is 4.43 Å². The summed E-state index contributed by atoms with van der Waals surface area (Å²) in [5.41, 5.74) is 0. The average Bonchev–Trinajstić information content (AvgIpc) is 2.16. The summed E-state index contributed by atoms with van der Waals surface area (Å²) in [6, 6.07) is 1.34. The van der Waals surface area contributed by atoms with Gasteiger partial charge in [0.25, 0.3) is 0 Å². The highest BCUT2D eigenvalue weighted by molar-refractivity contribution is 6.71. The zero-order chi connectivity index (χ0) is 12.4. The highest BCUT2D eigenvalue weighted by atomic mass is 28.4. The Kier molecular flexibility index (Phi) is 9.33. The second-order valence-electron chi connectivity index (χ2n) is 5.95. The van der Waals surface area contributed by atoms with Gasteiger partial charge in [0.1, 0.15) is 0 Å². The van der Waals surface area contributed by atoms with E-state index < -0.39 is 8.32 Å². The van der Waals surface area contributed by atoms with Crippen LogP contribution in [0.3, 0.4) is 0 Å². The van der Waals surface area contributed by atoms with Crippen molar-refractivity contribution in [2.75, 3.05) is 6.61 Å². The van der Waals surface area contributed by atoms with Gasteiger partial charge in [-0.2, -0.15) is 0 Å². The van der Waals surface area contributed by atoms with Crippen molar-refractivity contribution in [3.63, 3.8) is 0 Å². The van der Waals surface area contributed by atoms with Gasteiger partial charge >= 0.3 is 0 Å². The van der Waals surface area contributed by atoms with Gasteiger partial charge in [0, 0.05) is 6.61 Å². The lowest BCUT2D eigenvalue weighted by Crippen LogP contribution is -2.30. The van der Waals surface area contributed by atoms with Crippen LogP contribution >= 0.6 is 0 Å². The van der Waals surface area contributed by atoms with Gasteiger partial charge < -0.3 is 4.43 Å². The molecule has 2 heteroatoms. The minimum absolute atomic E-state index is 0.867. The van der Waals surface area contributed by atoms with Crippen LogP contribution in [0.4, 0.5) is 0 Å². The lowest BCUT2D eigenvalue weighted by molar-refractivity contribution is 0.297. The van der Waals surface area contributed by atoms with Crippen molar-refractivity contribution in [3.8, 4) is 0 Å². The van der Waals surface area contributed by atoms with Crippen molar-refractivity contribution in [2.45, 2.75) is 78.4 Å². The largest absolute Gasteiger partial charge is 0.417 e. The minimum Gasteiger partial charge on any atom is -0.417 e. The molecule has 0 atom stereocenters. The zero-order valence-electron chi connectivity index (χ0n) is 12.1. The maximum atomic E-state index is 6.04. The molecule has 0 aromatic heterocycles. The molecule has 0 aliphatic carbocycles. The van der Waals surface area contributed by atoms with E-state index in [-0.39, 0.29) is 0 Å². The zero-order valence-corrected chi connectivity index (χ0v) is 13.1. The van der Waals surface area contributed by atoms with Crippen LogP contribution in [-0.4, -0.2) is 14.9 Å². The lowest BCUT2D eigenvalue weighted by Gasteiger charge is -2.22. The van der Waals surface area contributed by atoms with E-state index in [1.165, 1.54) is 44.6 Å². The first-order valence-electron chi connectivity index (χ1n) is 7.12. The van der Waals surface area contributed by atoms with E-state index in [1.807, 2.05) is 0 Å². The number of hydrogen-bond donors (Lipinski definition) is 0. The average molecular weight is 244 g/mol. The van der Waals surface area contributed by atoms with E-state index >= 15 is 0 Å². The van der Waals surface area contributed by atoms with Crippen LogP contribution in [0.1, 0.15) is 59.3 Å². The van der Waals surface area contributed by atoms with Gasteiger partial charge in [-0.25, -0.2) is 0 Å². The molecule has 0 rings (SSSR count). The van der Waals surface area contributed by atoms with Crippen molar-refractivity contribution in [1.29, 1.82) is 0 Å². The normalized spacial score (nSPS) is 12.4. The maximum Gasteiger partial charge on any atom is 0.186 e. The SMILES string of the molecule is CCCCO[Si](C)(C)CCCCCC(C)C. The summed E-state index contributed by atoms with van der Waals surface area (Å²) in [5, 5.41) is 0. The third-order valence-electron chi connectivity index (χ3n) is 3.05. The van der Waals surface area contributed by atoms with Crippen LogP contribution in [0.25, 0.3) is 0 Å². The Bertz CT molecular complexity index is 155. The smallest absolute Gasteiger partial charge is 0.186 e. The molecule has 1 nitrogen and oxygen atoms in total. The summed E-state index contributed by atoms with van der Waals surface area (Å²) >= 11 is 0. The molecule has 0 bridgehead atoms. The fourth-order valence-corrected chi connectivity index (χ4v) is 3.79. The Hall–Kier alpha value is 0.177. The second kappa shape index (κ2) is 9.23. The first-order valence-corrected chi connectivity index (χ1v) is 10.2. The monoisotopic (exact) mass is 244 g/mol. The van der Waals surface area contributed by atoms with Crippen LogP contribution < -0.4 is 0 Å². The molecule has 0 N–H and O–H groups in total. The van der Waals surface area contributed by atoms with Gasteiger partial charge in [-0.15, -0.1) is 0 Å². The van der Waals surface area contributed by atoms with Gasteiger partial charge in [-0.3, -0.25) is 0 Å². The number of hydrogen-bond acceptors (Lipinski definition) is 1. The van der Waals surface area contributed by atoms with Gasteiger partial charge in [-0.1, -0.05) is 52.9 Å². The van der Waals surface area contributed by atoms with Crippen LogP contribution in [0.15, 0.2) is 0 Å². The molecular weight excluding hydrogens is 212 g/mol. The van der Waals surface area contributed by atoms with Crippen molar-refractivity contribution < 1.29 is 4.43 Å². The lowest BCUT2D eigenvalue weighted by atomic mass is 10.1. The molecule has 0 unspecified atom stereocenters. The van der Waals surface area contributed by atoms with Crippen molar-refractivity contribution >= 4 is 8.32 Å². The fourth-order valence-electron chi connectivity index (χ4n) is 1.85. The van der Waals surface area contributed by atoms with Gasteiger partial charge in [0.05, 0.1) is 0 Å². The molecule has 0 heterocycles.